The van der Waals surface area contributed by atoms with Gasteiger partial charge in [0.2, 0.25) is 0 Å². The summed E-state index contributed by atoms with van der Waals surface area (Å²) in [5.74, 6) is 0. The van der Waals surface area contributed by atoms with Gasteiger partial charge >= 0.3 is 0 Å². The Kier molecular flexibility index (Phi) is 17.2. The highest BCUT2D eigenvalue weighted by molar-refractivity contribution is 6.26. The van der Waals surface area contributed by atoms with Crippen LogP contribution in [0.5, 0.6) is 0 Å². The summed E-state index contributed by atoms with van der Waals surface area (Å²) in [5, 5.41) is 30.7. The smallest absolute Gasteiger partial charge is 0.00259 e. The molecule has 0 aliphatic heterocycles. The second kappa shape index (κ2) is 28.4. The van der Waals surface area contributed by atoms with Crippen molar-refractivity contribution in [3.8, 4) is 77.9 Å². The molecule has 0 bridgehead atoms. The van der Waals surface area contributed by atoms with E-state index in [0.29, 0.717) is 0 Å². The summed E-state index contributed by atoms with van der Waals surface area (Å²) in [6, 6.07) is 152. The lowest BCUT2D eigenvalue weighted by molar-refractivity contribution is 0.591. The minimum Gasteiger partial charge on any atom is -0.0622 e. The van der Waals surface area contributed by atoms with E-state index in [2.05, 4.69) is 440 Å². The molecule has 0 unspecified atom stereocenters. The number of aryl methyl sites for hydroxylation is 1. The molecule has 0 heterocycles. The van der Waals surface area contributed by atoms with Crippen LogP contribution in [0.2, 0.25) is 0 Å². The van der Waals surface area contributed by atoms with Crippen LogP contribution in [0.1, 0.15) is 31.9 Å². The Bertz CT molecular complexity index is 7530. The first-order valence-corrected chi connectivity index (χ1v) is 39.5. The van der Waals surface area contributed by atoms with Crippen LogP contribution in [-0.2, 0) is 5.41 Å². The van der Waals surface area contributed by atoms with Crippen molar-refractivity contribution >= 4 is 129 Å². The van der Waals surface area contributed by atoms with Crippen LogP contribution in [0.25, 0.3) is 207 Å². The van der Waals surface area contributed by atoms with Gasteiger partial charge in [0.15, 0.2) is 0 Å². The molecule has 0 aliphatic rings. The fourth-order valence-corrected chi connectivity index (χ4v) is 17.9. The van der Waals surface area contributed by atoms with E-state index < -0.39 is 0 Å². The molecule has 0 amide bonds. The van der Waals surface area contributed by atoms with Gasteiger partial charge in [-0.3, -0.25) is 0 Å². The predicted molar refractivity (Wildman–Crippen MR) is 491 cm³/mol. The number of hydrogen-bond donors (Lipinski definition) is 0. The van der Waals surface area contributed by atoms with Crippen LogP contribution in [0.15, 0.2) is 413 Å². The monoisotopic (exact) mass is 1440 g/mol. The molecular formula is C113H80. The van der Waals surface area contributed by atoms with E-state index in [4.69, 9.17) is 0 Å². The van der Waals surface area contributed by atoms with E-state index in [1.165, 1.54) is 218 Å². The van der Waals surface area contributed by atoms with E-state index in [1.807, 2.05) is 0 Å². The highest BCUT2D eigenvalue weighted by Crippen LogP contribution is 2.50. The lowest BCUT2D eigenvalue weighted by Gasteiger charge is -2.23. The van der Waals surface area contributed by atoms with Gasteiger partial charge in [-0.05, 0) is 274 Å². The molecule has 113 heavy (non-hydrogen) atoms. The first-order valence-electron chi connectivity index (χ1n) is 39.5. The maximum atomic E-state index is 2.44. The summed E-state index contributed by atoms with van der Waals surface area (Å²) >= 11 is 0. The molecule has 0 N–H and O–H groups in total. The van der Waals surface area contributed by atoms with E-state index in [0.717, 1.165) is 0 Å². The van der Waals surface area contributed by atoms with Crippen molar-refractivity contribution in [2.45, 2.75) is 33.1 Å². The van der Waals surface area contributed by atoms with Crippen molar-refractivity contribution in [2.24, 2.45) is 0 Å². The van der Waals surface area contributed by atoms with Gasteiger partial charge < -0.3 is 0 Å². The Morgan fingerprint density at radius 3 is 0.664 bits per heavy atom. The summed E-state index contributed by atoms with van der Waals surface area (Å²) in [7, 11) is 0. The molecular weight excluding hydrogens is 1360 g/mol. The molecule has 0 atom stereocenters. The van der Waals surface area contributed by atoms with Crippen LogP contribution >= 0.6 is 0 Å². The lowest BCUT2D eigenvalue weighted by Crippen LogP contribution is -2.10. The first kappa shape index (κ1) is 68.2. The molecule has 0 aromatic heterocycles. The third kappa shape index (κ3) is 12.6. The zero-order valence-corrected chi connectivity index (χ0v) is 63.8. The van der Waals surface area contributed by atoms with Crippen LogP contribution < -0.4 is 0 Å². The minimum atomic E-state index is 0.0591. The van der Waals surface area contributed by atoms with Crippen molar-refractivity contribution in [1.82, 2.24) is 0 Å². The third-order valence-electron chi connectivity index (χ3n) is 23.4. The number of rotatable bonds is 7. The summed E-state index contributed by atoms with van der Waals surface area (Å²) in [6.07, 6.45) is 0. The van der Waals surface area contributed by atoms with Crippen molar-refractivity contribution in [3.63, 3.8) is 0 Å². The molecule has 0 spiro atoms. The van der Waals surface area contributed by atoms with Gasteiger partial charge in [0.05, 0.1) is 0 Å². The zero-order valence-electron chi connectivity index (χ0n) is 63.8. The van der Waals surface area contributed by atoms with Gasteiger partial charge in [-0.25, -0.2) is 0 Å². The fourth-order valence-electron chi connectivity index (χ4n) is 17.9. The normalized spacial score (nSPS) is 11.7. The second-order valence-corrected chi connectivity index (χ2v) is 31.4. The average Bonchev–Trinajstić information content (AvgIpc) is 0.665. The molecule has 22 rings (SSSR count). The number of fused-ring (bicyclic) bond motifs is 12. The highest BCUT2D eigenvalue weighted by Gasteiger charge is 2.24. The Morgan fingerprint density at radius 2 is 0.363 bits per heavy atom. The SMILES string of the molecule is CC(C)(C)c1ccc2c(-c3ccc4ccccc4c3)c3ccccc3c(-c3ccc4ccccc4c3)c2c1.Cc1ccc2c(-c3ccc4ccccc4c3)c3ccccc3c(-c3ccc4ccccc4c3)c2c1.c1ccc(-c2ccc3c(-c4ccc5ccccc5c4)c4ccccc4c(-c4ccc5ccccc5c4)c3c2)cc1. The summed E-state index contributed by atoms with van der Waals surface area (Å²) < 4.78 is 0. The quantitative estimate of drug-likeness (QED) is 0.140. The van der Waals surface area contributed by atoms with Gasteiger partial charge in [-0.1, -0.05) is 390 Å². The highest BCUT2D eigenvalue weighted by atomic mass is 14.3. The molecule has 0 radical (unpaired) electrons. The topological polar surface area (TPSA) is 0 Å². The molecule has 0 heteroatoms. The molecule has 0 saturated carbocycles. The third-order valence-corrected chi connectivity index (χ3v) is 23.4. The van der Waals surface area contributed by atoms with Crippen LogP contribution in [0.4, 0.5) is 0 Å². The molecule has 22 aromatic rings. The van der Waals surface area contributed by atoms with Gasteiger partial charge in [0.1, 0.15) is 0 Å². The summed E-state index contributed by atoms with van der Waals surface area (Å²) in [6.45, 7) is 9.09. The average molecular weight is 1440 g/mol. The lowest BCUT2D eigenvalue weighted by atomic mass is 9.81. The van der Waals surface area contributed by atoms with Gasteiger partial charge in [0, 0.05) is 0 Å². The van der Waals surface area contributed by atoms with E-state index in [1.54, 1.807) is 0 Å². The number of hydrogen-bond acceptors (Lipinski definition) is 0. The fraction of sp³-hybridized carbons (Fsp3) is 0.0442. The van der Waals surface area contributed by atoms with E-state index in [-0.39, 0.29) is 5.41 Å². The van der Waals surface area contributed by atoms with Crippen molar-refractivity contribution in [1.29, 1.82) is 0 Å². The number of benzene rings is 22. The first-order chi connectivity index (χ1) is 55.6. The largest absolute Gasteiger partial charge is 0.0622 e. The van der Waals surface area contributed by atoms with E-state index in [9.17, 15) is 0 Å². The standard InChI is InChI=1S/C40H26.C38H30.C35H24/c1-2-10-27(11-3-1)32-22-23-37-38(26-32)40(34-21-19-29-13-5-7-15-31(29)25-34)36-17-9-8-16-35(36)39(37)33-20-18-28-12-4-6-14-30(28)24-33;1-38(2,3)31-20-21-34-35(24-31)37(30-19-17-26-11-5-7-13-28(26)23-30)33-15-9-8-14-32(33)36(34)29-18-16-25-10-4-6-12-27(25)22-29;1-23-14-19-32-33(20-23)35(29-18-16-25-9-3-5-11-27(25)22-29)31-13-7-6-12-30(31)34(32)28-17-15-24-8-2-4-10-26(24)21-28/h1-26H;4-24H,1-3H3;2-22H,1H3. The molecule has 532 valence electrons. The maximum Gasteiger partial charge on any atom is -0.00259 e. The van der Waals surface area contributed by atoms with Gasteiger partial charge in [-0.2, -0.15) is 0 Å². The Balaban J connectivity index is 0.000000110. The van der Waals surface area contributed by atoms with E-state index >= 15 is 0 Å². The van der Waals surface area contributed by atoms with Crippen molar-refractivity contribution in [3.05, 3.63) is 424 Å². The summed E-state index contributed by atoms with van der Waals surface area (Å²) in [5.41, 5.74) is 20.5. The second-order valence-electron chi connectivity index (χ2n) is 31.4. The van der Waals surface area contributed by atoms with Gasteiger partial charge in [0.25, 0.3) is 0 Å². The molecule has 22 aromatic carbocycles. The summed E-state index contributed by atoms with van der Waals surface area (Å²) in [4.78, 5) is 0. The van der Waals surface area contributed by atoms with Crippen LogP contribution in [0.3, 0.4) is 0 Å². The van der Waals surface area contributed by atoms with Crippen molar-refractivity contribution in [2.75, 3.05) is 0 Å². The van der Waals surface area contributed by atoms with Crippen LogP contribution in [-0.4, -0.2) is 0 Å². The van der Waals surface area contributed by atoms with Crippen LogP contribution in [0, 0.1) is 6.92 Å². The molecule has 0 nitrogen and oxygen atoms in total. The predicted octanol–water partition coefficient (Wildman–Crippen LogP) is 32.2. The zero-order chi connectivity index (χ0) is 75.7. The molecule has 0 aliphatic carbocycles. The van der Waals surface area contributed by atoms with Gasteiger partial charge in [-0.15, -0.1) is 0 Å². The Labute approximate surface area is 659 Å². The molecule has 0 saturated heterocycles. The Morgan fingerprint density at radius 1 is 0.142 bits per heavy atom. The minimum absolute atomic E-state index is 0.0591. The maximum absolute atomic E-state index is 2.44. The Hall–Kier alpha value is -14.0. The van der Waals surface area contributed by atoms with Crippen molar-refractivity contribution < 1.29 is 0 Å². The molecule has 0 fully saturated rings.